The van der Waals surface area contributed by atoms with Gasteiger partial charge in [-0.25, -0.2) is 0 Å². The highest BCUT2D eigenvalue weighted by molar-refractivity contribution is 6.30. The normalized spacial score (nSPS) is 16.0. The van der Waals surface area contributed by atoms with E-state index < -0.39 is 6.04 Å². The fourth-order valence-electron chi connectivity index (χ4n) is 2.73. The van der Waals surface area contributed by atoms with Crippen LogP contribution in [0.5, 0.6) is 0 Å². The van der Waals surface area contributed by atoms with Gasteiger partial charge in [-0.3, -0.25) is 9.59 Å². The highest BCUT2D eigenvalue weighted by Crippen LogP contribution is 2.16. The Morgan fingerprint density at radius 2 is 1.96 bits per heavy atom. The van der Waals surface area contributed by atoms with Gasteiger partial charge in [0.2, 0.25) is 5.91 Å². The number of halogens is 1. The summed E-state index contributed by atoms with van der Waals surface area (Å²) in [6, 6.07) is 14.2. The minimum atomic E-state index is -0.543. The molecule has 0 saturated carbocycles. The molecule has 1 aliphatic rings. The number of hydrogen-bond acceptors (Lipinski definition) is 3. The van der Waals surface area contributed by atoms with Gasteiger partial charge in [0.15, 0.2) is 0 Å². The van der Waals surface area contributed by atoms with Gasteiger partial charge in [0, 0.05) is 23.6 Å². The second kappa shape index (κ2) is 8.14. The topological polar surface area (TPSA) is 67.4 Å². The second-order valence-corrected chi connectivity index (χ2v) is 6.29. The maximum Gasteiger partial charge on any atom is 0.252 e. The standard InChI is InChI=1S/C19H19ClN2O3/c20-15-7-5-13(6-8-15)12-25-10-9-21-19(24)17-11-14-3-1-2-4-16(14)18(23)22-17/h1-8,17H,9-12H2,(H,21,24)(H,22,23)/t17-/m0/s1. The highest BCUT2D eigenvalue weighted by Gasteiger charge is 2.28. The molecule has 1 aliphatic heterocycles. The van der Waals surface area contributed by atoms with Crippen molar-refractivity contribution < 1.29 is 14.3 Å². The smallest absolute Gasteiger partial charge is 0.252 e. The maximum absolute atomic E-state index is 12.2. The van der Waals surface area contributed by atoms with E-state index in [1.54, 1.807) is 6.07 Å². The minimum Gasteiger partial charge on any atom is -0.375 e. The monoisotopic (exact) mass is 358 g/mol. The number of nitrogens with one attached hydrogen (secondary N) is 2. The zero-order valence-electron chi connectivity index (χ0n) is 13.6. The van der Waals surface area contributed by atoms with Crippen molar-refractivity contribution in [3.05, 3.63) is 70.2 Å². The summed E-state index contributed by atoms with van der Waals surface area (Å²) in [6.07, 6.45) is 0.499. The molecule has 0 fully saturated rings. The van der Waals surface area contributed by atoms with Gasteiger partial charge in [0.25, 0.3) is 5.91 Å². The average Bonchev–Trinajstić information content (AvgIpc) is 2.63. The molecule has 1 atom stereocenters. The van der Waals surface area contributed by atoms with Crippen molar-refractivity contribution in [2.24, 2.45) is 0 Å². The van der Waals surface area contributed by atoms with Crippen LogP contribution in [-0.2, 0) is 22.6 Å². The molecular weight excluding hydrogens is 340 g/mol. The molecule has 130 valence electrons. The molecule has 3 rings (SSSR count). The molecule has 0 saturated heterocycles. The zero-order chi connectivity index (χ0) is 17.6. The molecule has 2 aromatic rings. The molecule has 0 radical (unpaired) electrons. The van der Waals surface area contributed by atoms with Crippen LogP contribution in [-0.4, -0.2) is 31.0 Å². The Kier molecular flexibility index (Phi) is 5.68. The molecule has 1 heterocycles. The number of hydrogen-bond donors (Lipinski definition) is 2. The third kappa shape index (κ3) is 4.59. The Balaban J connectivity index is 1.41. The van der Waals surface area contributed by atoms with E-state index in [0.717, 1.165) is 11.1 Å². The number of carbonyl (C=O) groups excluding carboxylic acids is 2. The summed E-state index contributed by atoms with van der Waals surface area (Å²) in [5.41, 5.74) is 2.55. The molecular formula is C19H19ClN2O3. The van der Waals surface area contributed by atoms with Gasteiger partial charge in [-0.15, -0.1) is 0 Å². The molecule has 0 bridgehead atoms. The maximum atomic E-state index is 12.2. The predicted octanol–water partition coefficient (Wildman–Crippen LogP) is 2.33. The Hall–Kier alpha value is -2.37. The van der Waals surface area contributed by atoms with Crippen LogP contribution in [0.1, 0.15) is 21.5 Å². The molecule has 25 heavy (non-hydrogen) atoms. The molecule has 0 aliphatic carbocycles. The predicted molar refractivity (Wildman–Crippen MR) is 95.5 cm³/mol. The van der Waals surface area contributed by atoms with Gasteiger partial charge in [0.1, 0.15) is 6.04 Å². The largest absolute Gasteiger partial charge is 0.375 e. The van der Waals surface area contributed by atoms with Gasteiger partial charge >= 0.3 is 0 Å². The van der Waals surface area contributed by atoms with Crippen LogP contribution in [0.15, 0.2) is 48.5 Å². The van der Waals surface area contributed by atoms with Gasteiger partial charge in [-0.1, -0.05) is 41.9 Å². The van der Waals surface area contributed by atoms with Crippen LogP contribution in [0, 0.1) is 0 Å². The number of benzene rings is 2. The summed E-state index contributed by atoms with van der Waals surface area (Å²) < 4.78 is 5.53. The lowest BCUT2D eigenvalue weighted by Gasteiger charge is -2.24. The Morgan fingerprint density at radius 1 is 1.20 bits per heavy atom. The number of amides is 2. The lowest BCUT2D eigenvalue weighted by molar-refractivity contribution is -0.123. The first-order chi connectivity index (χ1) is 12.1. The van der Waals surface area contributed by atoms with E-state index in [0.29, 0.717) is 36.8 Å². The van der Waals surface area contributed by atoms with Crippen LogP contribution in [0.4, 0.5) is 0 Å². The van der Waals surface area contributed by atoms with Crippen LogP contribution in [0.2, 0.25) is 5.02 Å². The lowest BCUT2D eigenvalue weighted by Crippen LogP contribution is -2.51. The van der Waals surface area contributed by atoms with Gasteiger partial charge < -0.3 is 15.4 Å². The molecule has 2 amide bonds. The summed E-state index contributed by atoms with van der Waals surface area (Å²) in [4.78, 5) is 24.3. The van der Waals surface area contributed by atoms with Crippen molar-refractivity contribution in [1.82, 2.24) is 10.6 Å². The summed E-state index contributed by atoms with van der Waals surface area (Å²) >= 11 is 5.83. The Morgan fingerprint density at radius 3 is 2.76 bits per heavy atom. The van der Waals surface area contributed by atoms with E-state index in [1.165, 1.54) is 0 Å². The van der Waals surface area contributed by atoms with Crippen molar-refractivity contribution in [3.8, 4) is 0 Å². The van der Waals surface area contributed by atoms with Crippen molar-refractivity contribution in [2.75, 3.05) is 13.2 Å². The van der Waals surface area contributed by atoms with E-state index in [2.05, 4.69) is 10.6 Å². The highest BCUT2D eigenvalue weighted by atomic mass is 35.5. The Labute approximate surface area is 151 Å². The lowest BCUT2D eigenvalue weighted by atomic mass is 9.95. The fourth-order valence-corrected chi connectivity index (χ4v) is 2.85. The number of ether oxygens (including phenoxy) is 1. The fraction of sp³-hybridized carbons (Fsp3) is 0.263. The first-order valence-corrected chi connectivity index (χ1v) is 8.50. The van der Waals surface area contributed by atoms with Gasteiger partial charge in [-0.05, 0) is 29.3 Å². The summed E-state index contributed by atoms with van der Waals surface area (Å²) in [5.74, 6) is -0.404. The van der Waals surface area contributed by atoms with Crippen LogP contribution >= 0.6 is 11.6 Å². The molecule has 0 aromatic heterocycles. The summed E-state index contributed by atoms with van der Waals surface area (Å²) in [7, 11) is 0. The molecule has 5 nitrogen and oxygen atoms in total. The van der Waals surface area contributed by atoms with Crippen molar-refractivity contribution in [1.29, 1.82) is 0 Å². The number of fused-ring (bicyclic) bond motifs is 1. The quantitative estimate of drug-likeness (QED) is 0.779. The molecule has 2 N–H and O–H groups in total. The zero-order valence-corrected chi connectivity index (χ0v) is 14.4. The third-order valence-electron chi connectivity index (χ3n) is 4.04. The number of rotatable bonds is 6. The molecule has 0 spiro atoms. The number of carbonyl (C=O) groups is 2. The van der Waals surface area contributed by atoms with Crippen LogP contribution < -0.4 is 10.6 Å². The van der Waals surface area contributed by atoms with Crippen molar-refractivity contribution in [3.63, 3.8) is 0 Å². The SMILES string of the molecule is O=C1N[C@H](C(=O)NCCOCc2ccc(Cl)cc2)Cc2ccccc21. The van der Waals surface area contributed by atoms with Gasteiger partial charge in [-0.2, -0.15) is 0 Å². The van der Waals surface area contributed by atoms with Gasteiger partial charge in [0.05, 0.1) is 13.2 Å². The van der Waals surface area contributed by atoms with E-state index in [4.69, 9.17) is 16.3 Å². The minimum absolute atomic E-state index is 0.196. The van der Waals surface area contributed by atoms with Crippen molar-refractivity contribution >= 4 is 23.4 Å². The summed E-state index contributed by atoms with van der Waals surface area (Å²) in [6.45, 7) is 1.24. The van der Waals surface area contributed by atoms with E-state index >= 15 is 0 Å². The average molecular weight is 359 g/mol. The van der Waals surface area contributed by atoms with Crippen molar-refractivity contribution in [2.45, 2.75) is 19.1 Å². The molecule has 2 aromatic carbocycles. The second-order valence-electron chi connectivity index (χ2n) is 5.86. The Bertz CT molecular complexity index is 762. The van der Waals surface area contributed by atoms with E-state index in [9.17, 15) is 9.59 Å². The molecule has 0 unspecified atom stereocenters. The molecule has 6 heteroatoms. The van der Waals surface area contributed by atoms with Crippen LogP contribution in [0.3, 0.4) is 0 Å². The first kappa shape index (κ1) is 17.5. The third-order valence-corrected chi connectivity index (χ3v) is 4.29. The van der Waals surface area contributed by atoms with Crippen LogP contribution in [0.25, 0.3) is 0 Å². The summed E-state index contributed by atoms with van der Waals surface area (Å²) in [5, 5.41) is 6.23. The first-order valence-electron chi connectivity index (χ1n) is 8.12. The van der Waals surface area contributed by atoms with E-state index in [-0.39, 0.29) is 11.8 Å². The van der Waals surface area contributed by atoms with E-state index in [1.807, 2.05) is 42.5 Å².